The van der Waals surface area contributed by atoms with E-state index in [0.717, 1.165) is 11.1 Å². The van der Waals surface area contributed by atoms with Crippen molar-refractivity contribution in [1.82, 2.24) is 9.80 Å². The van der Waals surface area contributed by atoms with Gasteiger partial charge in [-0.3, -0.25) is 19.4 Å². The largest absolute Gasteiger partial charge is 0.371 e. The van der Waals surface area contributed by atoms with E-state index < -0.39 is 11.8 Å². The summed E-state index contributed by atoms with van der Waals surface area (Å²) < 4.78 is 21.5. The van der Waals surface area contributed by atoms with Crippen LogP contribution in [-0.2, 0) is 17.8 Å². The number of imide groups is 1. The smallest absolute Gasteiger partial charge is 0.261 e. The molecule has 0 aromatic heterocycles. The molecule has 0 N–H and O–H groups in total. The number of halogens is 1. The summed E-state index contributed by atoms with van der Waals surface area (Å²) in [5, 5.41) is 0. The number of amides is 2. The number of ether oxygens (including phenoxy) is 1. The molecule has 3 aromatic carbocycles. The Kier molecular flexibility index (Phi) is 7.73. The summed E-state index contributed by atoms with van der Waals surface area (Å²) in [5.41, 5.74) is 1.93. The second-order valence-corrected chi connectivity index (χ2v) is 9.37. The summed E-state index contributed by atoms with van der Waals surface area (Å²) in [6, 6.07) is 26.8. The van der Waals surface area contributed by atoms with Gasteiger partial charge in [0.1, 0.15) is 6.17 Å². The quantitative estimate of drug-likeness (QED) is 0.362. The van der Waals surface area contributed by atoms with Crippen LogP contribution in [0.15, 0.2) is 84.9 Å². The number of nitrogens with zero attached hydrogens (tertiary/aromatic N) is 2. The van der Waals surface area contributed by atoms with Gasteiger partial charge < -0.3 is 4.74 Å². The SMILES string of the molecule is CC(C)(OCCN1C(=O)c2ccccc2C1=O)C(F)CN(Cc1ccccc1)Cc1ccccc1. The number of alkyl halides is 1. The van der Waals surface area contributed by atoms with Crippen LogP contribution < -0.4 is 0 Å². The van der Waals surface area contributed by atoms with E-state index in [1.165, 1.54) is 4.90 Å². The van der Waals surface area contributed by atoms with Gasteiger partial charge in [-0.2, -0.15) is 0 Å². The Labute approximate surface area is 206 Å². The molecule has 0 aliphatic carbocycles. The van der Waals surface area contributed by atoms with Crippen LogP contribution in [0.25, 0.3) is 0 Å². The lowest BCUT2D eigenvalue weighted by Gasteiger charge is -2.33. The number of rotatable bonds is 11. The van der Waals surface area contributed by atoms with Crippen molar-refractivity contribution in [3.8, 4) is 0 Å². The number of hydrogen-bond acceptors (Lipinski definition) is 4. The number of benzene rings is 3. The number of hydrogen-bond donors (Lipinski definition) is 0. The Hall–Kier alpha value is -3.35. The molecule has 6 heteroatoms. The Balaban J connectivity index is 1.36. The van der Waals surface area contributed by atoms with Crippen LogP contribution in [0.1, 0.15) is 45.7 Å². The van der Waals surface area contributed by atoms with Crippen molar-refractivity contribution in [1.29, 1.82) is 0 Å². The van der Waals surface area contributed by atoms with Gasteiger partial charge in [-0.15, -0.1) is 0 Å². The molecule has 3 aromatic rings. The summed E-state index contributed by atoms with van der Waals surface area (Å²) in [4.78, 5) is 28.4. The molecule has 1 heterocycles. The van der Waals surface area contributed by atoms with Crippen LogP contribution in [0.2, 0.25) is 0 Å². The zero-order valence-electron chi connectivity index (χ0n) is 20.2. The molecule has 0 bridgehead atoms. The molecular weight excluding hydrogens is 443 g/mol. The fourth-order valence-corrected chi connectivity index (χ4v) is 4.25. The van der Waals surface area contributed by atoms with Crippen molar-refractivity contribution in [3.05, 3.63) is 107 Å². The molecule has 2 amide bonds. The molecule has 1 aliphatic rings. The summed E-state index contributed by atoms with van der Waals surface area (Å²) >= 11 is 0. The van der Waals surface area contributed by atoms with Crippen molar-refractivity contribution in [2.75, 3.05) is 19.7 Å². The van der Waals surface area contributed by atoms with E-state index in [1.807, 2.05) is 60.7 Å². The third kappa shape index (κ3) is 6.02. The van der Waals surface area contributed by atoms with Crippen LogP contribution in [-0.4, -0.2) is 53.1 Å². The van der Waals surface area contributed by atoms with E-state index in [-0.39, 0.29) is 31.5 Å². The van der Waals surface area contributed by atoms with Gasteiger partial charge in [-0.05, 0) is 37.1 Å². The molecule has 1 atom stereocenters. The van der Waals surface area contributed by atoms with Gasteiger partial charge in [0.15, 0.2) is 0 Å². The van der Waals surface area contributed by atoms with Crippen LogP contribution in [0.3, 0.4) is 0 Å². The first-order valence-corrected chi connectivity index (χ1v) is 11.9. The fourth-order valence-electron chi connectivity index (χ4n) is 4.25. The number of carbonyl (C=O) groups is 2. The van der Waals surface area contributed by atoms with Gasteiger partial charge in [0.25, 0.3) is 11.8 Å². The van der Waals surface area contributed by atoms with Crippen LogP contribution in [0.4, 0.5) is 4.39 Å². The van der Waals surface area contributed by atoms with E-state index >= 15 is 4.39 Å². The predicted octanol–water partition coefficient (Wildman–Crippen LogP) is 5.12. The highest BCUT2D eigenvalue weighted by molar-refractivity contribution is 6.21. The standard InChI is InChI=1S/C29H31FN2O3/c1-29(2,35-18-17-32-27(33)24-15-9-10-16-25(24)28(32)34)26(30)21-31(19-22-11-5-3-6-12-22)20-23-13-7-4-8-14-23/h3-16,26H,17-21H2,1-2H3. The van der Waals surface area contributed by atoms with Crippen molar-refractivity contribution >= 4 is 11.8 Å². The highest BCUT2D eigenvalue weighted by Crippen LogP contribution is 2.24. The van der Waals surface area contributed by atoms with Crippen LogP contribution >= 0.6 is 0 Å². The highest BCUT2D eigenvalue weighted by Gasteiger charge is 2.36. The Morgan fingerprint density at radius 1 is 0.800 bits per heavy atom. The fraction of sp³-hybridized carbons (Fsp3) is 0.310. The predicted molar refractivity (Wildman–Crippen MR) is 134 cm³/mol. The van der Waals surface area contributed by atoms with Gasteiger partial charge in [0.2, 0.25) is 0 Å². The van der Waals surface area contributed by atoms with E-state index in [2.05, 4.69) is 4.90 Å². The van der Waals surface area contributed by atoms with Crippen molar-refractivity contribution < 1.29 is 18.7 Å². The Morgan fingerprint density at radius 2 is 1.26 bits per heavy atom. The molecule has 4 rings (SSSR count). The van der Waals surface area contributed by atoms with Crippen molar-refractivity contribution in [3.63, 3.8) is 0 Å². The first-order chi connectivity index (χ1) is 16.8. The second-order valence-electron chi connectivity index (χ2n) is 9.37. The lowest BCUT2D eigenvalue weighted by molar-refractivity contribution is -0.0820. The number of fused-ring (bicyclic) bond motifs is 1. The maximum atomic E-state index is 15.6. The zero-order valence-corrected chi connectivity index (χ0v) is 20.2. The van der Waals surface area contributed by atoms with E-state index in [4.69, 9.17) is 4.74 Å². The van der Waals surface area contributed by atoms with E-state index in [0.29, 0.717) is 24.2 Å². The van der Waals surface area contributed by atoms with Crippen LogP contribution in [0.5, 0.6) is 0 Å². The first kappa shape index (κ1) is 24.8. The lowest BCUT2D eigenvalue weighted by atomic mass is 10.0. The second kappa shape index (κ2) is 10.9. The minimum absolute atomic E-state index is 0.0657. The van der Waals surface area contributed by atoms with Gasteiger partial charge in [-0.1, -0.05) is 72.8 Å². The van der Waals surface area contributed by atoms with E-state index in [9.17, 15) is 9.59 Å². The molecule has 182 valence electrons. The third-order valence-corrected chi connectivity index (χ3v) is 6.34. The Bertz CT molecular complexity index is 1070. The summed E-state index contributed by atoms with van der Waals surface area (Å²) in [5.74, 6) is -0.665. The molecule has 5 nitrogen and oxygen atoms in total. The summed E-state index contributed by atoms with van der Waals surface area (Å²) in [6.07, 6.45) is -1.28. The Morgan fingerprint density at radius 3 is 1.74 bits per heavy atom. The topological polar surface area (TPSA) is 49.9 Å². The molecule has 0 fully saturated rings. The van der Waals surface area contributed by atoms with Gasteiger partial charge in [-0.25, -0.2) is 4.39 Å². The van der Waals surface area contributed by atoms with Crippen molar-refractivity contribution in [2.45, 2.75) is 38.7 Å². The molecule has 0 saturated carbocycles. The minimum atomic E-state index is -1.28. The van der Waals surface area contributed by atoms with Gasteiger partial charge in [0, 0.05) is 19.6 Å². The average Bonchev–Trinajstić information content (AvgIpc) is 3.10. The van der Waals surface area contributed by atoms with Crippen LogP contribution in [0, 0.1) is 0 Å². The van der Waals surface area contributed by atoms with Gasteiger partial charge >= 0.3 is 0 Å². The molecule has 1 aliphatic heterocycles. The highest BCUT2D eigenvalue weighted by atomic mass is 19.1. The summed E-state index contributed by atoms with van der Waals surface area (Å²) in [7, 11) is 0. The summed E-state index contributed by atoms with van der Waals surface area (Å²) in [6.45, 7) is 4.98. The van der Waals surface area contributed by atoms with Crippen molar-refractivity contribution in [2.24, 2.45) is 0 Å². The zero-order chi connectivity index (χ0) is 24.8. The first-order valence-electron chi connectivity index (χ1n) is 11.9. The van der Waals surface area contributed by atoms with Gasteiger partial charge in [0.05, 0.1) is 29.9 Å². The molecular formula is C29H31FN2O3. The number of carbonyl (C=O) groups excluding carboxylic acids is 2. The third-order valence-electron chi connectivity index (χ3n) is 6.34. The average molecular weight is 475 g/mol. The normalized spacial score (nSPS) is 14.5. The molecule has 0 spiro atoms. The maximum Gasteiger partial charge on any atom is 0.261 e. The maximum absolute atomic E-state index is 15.6. The monoisotopic (exact) mass is 474 g/mol. The minimum Gasteiger partial charge on any atom is -0.371 e. The molecule has 0 radical (unpaired) electrons. The van der Waals surface area contributed by atoms with E-state index in [1.54, 1.807) is 38.1 Å². The molecule has 0 saturated heterocycles. The molecule has 1 unspecified atom stereocenters. The molecule has 35 heavy (non-hydrogen) atoms. The lowest BCUT2D eigenvalue weighted by Crippen LogP contribution is -2.45.